The number of aliphatic hydroxyl groups excluding tert-OH is 1. The average Bonchev–Trinajstić information content (AvgIpc) is 3.82. The van der Waals surface area contributed by atoms with E-state index in [2.05, 4.69) is 20.9 Å². The number of likely N-dealkylation sites (tertiary alicyclic amines) is 1. The van der Waals surface area contributed by atoms with E-state index in [4.69, 9.17) is 0 Å². The van der Waals surface area contributed by atoms with E-state index < -0.39 is 39.0 Å². The molecule has 5 atom stereocenters. The van der Waals surface area contributed by atoms with Gasteiger partial charge in [-0.15, -0.1) is 11.3 Å². The number of hydrogen-bond donors (Lipinski definition) is 4. The van der Waals surface area contributed by atoms with Crippen LogP contribution in [0.15, 0.2) is 47.8 Å². The predicted octanol–water partition coefficient (Wildman–Crippen LogP) is 3.08. The number of carbonyl (C=O) groups is 2. The highest BCUT2D eigenvalue weighted by molar-refractivity contribution is 7.91. The molecule has 2 aromatic carbocycles. The quantitative estimate of drug-likeness (QED) is 0.273. The second kappa shape index (κ2) is 13.9. The molecule has 0 aliphatic carbocycles. The van der Waals surface area contributed by atoms with Gasteiger partial charge < -0.3 is 26.0 Å². The molecule has 3 aromatic rings. The number of amides is 2. The number of nitrogens with zero attached hydrogens (tertiary/aromatic N) is 2. The zero-order chi connectivity index (χ0) is 32.4. The van der Waals surface area contributed by atoms with Crippen molar-refractivity contribution in [2.24, 2.45) is 0 Å². The first-order chi connectivity index (χ1) is 22.1. The number of halogens is 1. The number of rotatable bonds is 9. The number of aryl methyl sites for hydroxylation is 1. The number of sulfone groups is 1. The molecule has 3 aliphatic rings. The fraction of sp³-hybridized carbons (Fsp3) is 0.485. The lowest BCUT2D eigenvalue weighted by molar-refractivity contribution is 0.0733. The summed E-state index contributed by atoms with van der Waals surface area (Å²) in [6.45, 7) is 3.68. The van der Waals surface area contributed by atoms with Crippen molar-refractivity contribution in [3.05, 3.63) is 86.6 Å². The third-order valence-electron chi connectivity index (χ3n) is 9.18. The highest BCUT2D eigenvalue weighted by Crippen LogP contribution is 2.36. The van der Waals surface area contributed by atoms with Crippen molar-refractivity contribution in [2.75, 3.05) is 31.9 Å². The van der Waals surface area contributed by atoms with E-state index in [0.717, 1.165) is 42.9 Å². The number of thiazole rings is 1. The molecule has 6 rings (SSSR count). The van der Waals surface area contributed by atoms with Crippen LogP contribution < -0.4 is 16.0 Å². The molecule has 246 valence electrons. The summed E-state index contributed by atoms with van der Waals surface area (Å²) >= 11 is 1.51. The molecule has 13 heteroatoms. The number of carbonyl (C=O) groups excluding carboxylic acids is 2. The topological polar surface area (TPSA) is 141 Å². The first-order valence-corrected chi connectivity index (χ1v) is 18.5. The van der Waals surface area contributed by atoms with Crippen LogP contribution in [-0.4, -0.2) is 85.3 Å². The summed E-state index contributed by atoms with van der Waals surface area (Å²) in [5.74, 6) is -1.31. The molecule has 46 heavy (non-hydrogen) atoms. The van der Waals surface area contributed by atoms with Gasteiger partial charge in [-0.2, -0.15) is 0 Å². The molecule has 0 bridgehead atoms. The van der Waals surface area contributed by atoms with Gasteiger partial charge in [0.2, 0.25) is 0 Å². The number of hydrogen-bond acceptors (Lipinski definition) is 9. The van der Waals surface area contributed by atoms with Crippen LogP contribution in [0.2, 0.25) is 0 Å². The van der Waals surface area contributed by atoms with Crippen molar-refractivity contribution >= 4 is 33.0 Å². The molecule has 3 fully saturated rings. The van der Waals surface area contributed by atoms with Crippen molar-refractivity contribution in [2.45, 2.75) is 68.5 Å². The largest absolute Gasteiger partial charge is 0.389 e. The van der Waals surface area contributed by atoms with E-state index in [9.17, 15) is 27.5 Å². The second-order valence-corrected chi connectivity index (χ2v) is 15.7. The Bertz CT molecular complexity index is 1690. The molecule has 0 spiro atoms. The van der Waals surface area contributed by atoms with Gasteiger partial charge in [-0.1, -0.05) is 12.1 Å². The highest BCUT2D eigenvalue weighted by Gasteiger charge is 2.36. The fourth-order valence-electron chi connectivity index (χ4n) is 6.80. The lowest BCUT2D eigenvalue weighted by atomic mass is 9.94. The second-order valence-electron chi connectivity index (χ2n) is 12.5. The van der Waals surface area contributed by atoms with Crippen LogP contribution in [0.4, 0.5) is 4.39 Å². The standard InChI is InChI=1S/C33H40FN5O5S2/c1-20-19-45-32(37-20)28-8-4-11-39(28)33(42)24-16-22(29-18-35-10-12-46(29,43)44)15-23(17-24)31(41)38-27(30(40)26-7-3-9-36-26)14-21-5-2-6-25(34)13-21/h2,5-6,13,15-17,19,26-30,35-36,40H,3-4,7-12,14,18H2,1H3,(H,38,41)/t26-,27+,28-,29?,30+/m1/s1. The van der Waals surface area contributed by atoms with Crippen LogP contribution in [0.5, 0.6) is 0 Å². The third kappa shape index (κ3) is 7.18. The van der Waals surface area contributed by atoms with Gasteiger partial charge in [-0.05, 0) is 87.0 Å². The van der Waals surface area contributed by atoms with Crippen LogP contribution in [0.25, 0.3) is 0 Å². The molecule has 1 aromatic heterocycles. The minimum atomic E-state index is -3.54. The van der Waals surface area contributed by atoms with E-state index >= 15 is 0 Å². The Balaban J connectivity index is 1.34. The van der Waals surface area contributed by atoms with Gasteiger partial charge in [-0.3, -0.25) is 9.59 Å². The van der Waals surface area contributed by atoms with E-state index in [1.54, 1.807) is 23.1 Å². The first-order valence-electron chi connectivity index (χ1n) is 15.9. The molecule has 3 saturated heterocycles. The molecule has 1 unspecified atom stereocenters. The van der Waals surface area contributed by atoms with Crippen molar-refractivity contribution in [1.82, 2.24) is 25.8 Å². The summed E-state index contributed by atoms with van der Waals surface area (Å²) < 4.78 is 40.4. The monoisotopic (exact) mass is 669 g/mol. The summed E-state index contributed by atoms with van der Waals surface area (Å²) in [6.07, 6.45) is 2.40. The maximum absolute atomic E-state index is 14.1. The number of nitrogens with one attached hydrogen (secondary N) is 3. The van der Waals surface area contributed by atoms with Gasteiger partial charge in [0.15, 0.2) is 9.84 Å². The fourth-order valence-corrected chi connectivity index (χ4v) is 9.38. The number of aromatic nitrogens is 1. The molecule has 0 radical (unpaired) electrons. The van der Waals surface area contributed by atoms with E-state index in [1.165, 1.54) is 35.6 Å². The van der Waals surface area contributed by atoms with Gasteiger partial charge in [0.1, 0.15) is 10.8 Å². The van der Waals surface area contributed by atoms with Crippen LogP contribution in [-0.2, 0) is 16.3 Å². The summed E-state index contributed by atoms with van der Waals surface area (Å²) in [7, 11) is -3.54. The highest BCUT2D eigenvalue weighted by atomic mass is 32.2. The maximum atomic E-state index is 14.1. The lowest BCUT2D eigenvalue weighted by Gasteiger charge is -2.29. The van der Waals surface area contributed by atoms with Crippen LogP contribution in [0.3, 0.4) is 0 Å². The number of benzene rings is 2. The smallest absolute Gasteiger partial charge is 0.254 e. The van der Waals surface area contributed by atoms with Gasteiger partial charge in [0.05, 0.1) is 29.2 Å². The van der Waals surface area contributed by atoms with Crippen molar-refractivity contribution in [3.63, 3.8) is 0 Å². The molecule has 10 nitrogen and oxygen atoms in total. The molecule has 3 aliphatic heterocycles. The minimum absolute atomic E-state index is 0.0503. The Labute approximate surface area is 272 Å². The van der Waals surface area contributed by atoms with Gasteiger partial charge in [0.25, 0.3) is 11.8 Å². The summed E-state index contributed by atoms with van der Waals surface area (Å²) in [5.41, 5.74) is 2.21. The van der Waals surface area contributed by atoms with E-state index in [1.807, 2.05) is 12.3 Å². The average molecular weight is 670 g/mol. The zero-order valence-corrected chi connectivity index (χ0v) is 27.4. The van der Waals surface area contributed by atoms with Crippen LogP contribution in [0.1, 0.15) is 79.5 Å². The van der Waals surface area contributed by atoms with Gasteiger partial charge in [0, 0.05) is 47.9 Å². The molecular weight excluding hydrogens is 630 g/mol. The summed E-state index contributed by atoms with van der Waals surface area (Å²) in [6, 6.07) is 9.46. The van der Waals surface area contributed by atoms with Crippen molar-refractivity contribution in [1.29, 1.82) is 0 Å². The predicted molar refractivity (Wildman–Crippen MR) is 174 cm³/mol. The third-order valence-corrected chi connectivity index (χ3v) is 12.3. The molecule has 4 heterocycles. The Hall–Kier alpha value is -3.23. The Morgan fingerprint density at radius 1 is 1.15 bits per heavy atom. The van der Waals surface area contributed by atoms with Crippen molar-refractivity contribution in [3.8, 4) is 0 Å². The van der Waals surface area contributed by atoms with Gasteiger partial charge in [-0.25, -0.2) is 17.8 Å². The molecular formula is C33H40FN5O5S2. The Morgan fingerprint density at radius 2 is 1.98 bits per heavy atom. The first kappa shape index (κ1) is 32.7. The summed E-state index contributed by atoms with van der Waals surface area (Å²) in [4.78, 5) is 34.5. The maximum Gasteiger partial charge on any atom is 0.254 e. The Kier molecular flexibility index (Phi) is 9.85. The molecule has 0 saturated carbocycles. The van der Waals surface area contributed by atoms with Crippen molar-refractivity contribution < 1.29 is 27.5 Å². The minimum Gasteiger partial charge on any atom is -0.389 e. The van der Waals surface area contributed by atoms with Gasteiger partial charge >= 0.3 is 0 Å². The zero-order valence-electron chi connectivity index (χ0n) is 25.7. The van der Waals surface area contributed by atoms with Crippen LogP contribution in [0, 0.1) is 12.7 Å². The molecule has 2 amide bonds. The number of aliphatic hydroxyl groups is 1. The van der Waals surface area contributed by atoms with Crippen LogP contribution >= 0.6 is 11.3 Å². The van der Waals surface area contributed by atoms with E-state index in [-0.39, 0.29) is 47.8 Å². The summed E-state index contributed by atoms with van der Waals surface area (Å²) in [5, 5.41) is 22.6. The van der Waals surface area contributed by atoms with E-state index in [0.29, 0.717) is 24.2 Å². The lowest BCUT2D eigenvalue weighted by Crippen LogP contribution is -2.52. The molecule has 4 N–H and O–H groups in total. The SMILES string of the molecule is Cc1csc([C@H]2CCCN2C(=O)c2cc(C(=O)N[C@@H](Cc3cccc(F)c3)[C@@H](O)[C@H]3CCCN3)cc(C3CNCCS3(=O)=O)c2)n1. The Morgan fingerprint density at radius 3 is 2.70 bits per heavy atom. The normalized spacial score (nSPS) is 24.1.